The van der Waals surface area contributed by atoms with Crippen LogP contribution in [0.5, 0.6) is 0 Å². The van der Waals surface area contributed by atoms with E-state index >= 15 is 0 Å². The Morgan fingerprint density at radius 3 is 1.73 bits per heavy atom. The van der Waals surface area contributed by atoms with Crippen molar-refractivity contribution < 1.29 is 8.83 Å². The Hall–Kier alpha value is -1.69. The Morgan fingerprint density at radius 1 is 0.725 bits per heavy atom. The number of fused-ring (bicyclic) bond motifs is 2. The molecular formula is C33H47Cl3N2O2. The molecule has 0 fully saturated rings. The molecule has 0 aliphatic rings. The predicted octanol–water partition coefficient (Wildman–Crippen LogP) is 10.6. The highest BCUT2D eigenvalue weighted by Gasteiger charge is 2.37. The molecule has 2 aromatic heterocycles. The smallest absolute Gasteiger partial charge is 0.198 e. The highest BCUT2D eigenvalue weighted by atomic mass is 35.6. The zero-order valence-electron chi connectivity index (χ0n) is 25.1. The molecule has 4 rings (SSSR count). The van der Waals surface area contributed by atoms with Crippen molar-refractivity contribution in [1.29, 1.82) is 0 Å². The van der Waals surface area contributed by atoms with Gasteiger partial charge in [0.25, 0.3) is 0 Å². The molecule has 4 nitrogen and oxygen atoms in total. The number of benzene rings is 2. The maximum atomic E-state index is 6.16. The van der Waals surface area contributed by atoms with Crippen molar-refractivity contribution in [2.45, 2.75) is 95.4 Å². The lowest BCUT2D eigenvalue weighted by atomic mass is 9.87. The van der Waals surface area contributed by atoms with Crippen molar-refractivity contribution >= 4 is 56.7 Å². The van der Waals surface area contributed by atoms with Gasteiger partial charge >= 0.3 is 0 Å². The van der Waals surface area contributed by atoms with E-state index in [4.69, 9.17) is 43.6 Å². The fourth-order valence-electron chi connectivity index (χ4n) is 5.19. The molecule has 7 heteroatoms. The molecule has 4 atom stereocenters. The molecule has 2 aromatic carbocycles. The molecule has 0 aliphatic carbocycles. The summed E-state index contributed by atoms with van der Waals surface area (Å²) < 4.78 is 9.40. The fraction of sp³-hybridized carbons (Fsp3) is 0.515. The summed E-state index contributed by atoms with van der Waals surface area (Å²) in [7, 11) is 0. The van der Waals surface area contributed by atoms with Crippen LogP contribution in [0.3, 0.4) is 0 Å². The normalized spacial score (nSPS) is 14.6. The van der Waals surface area contributed by atoms with Gasteiger partial charge in [0.15, 0.2) is 3.79 Å². The molecular weight excluding hydrogens is 563 g/mol. The van der Waals surface area contributed by atoms with Crippen LogP contribution in [0, 0.1) is 0 Å². The van der Waals surface area contributed by atoms with Gasteiger partial charge in [-0.3, -0.25) is 0 Å². The third-order valence-corrected chi connectivity index (χ3v) is 7.82. The van der Waals surface area contributed by atoms with Gasteiger partial charge in [0.2, 0.25) is 0 Å². The van der Waals surface area contributed by atoms with E-state index < -0.39 is 3.79 Å². The van der Waals surface area contributed by atoms with Crippen LogP contribution < -0.4 is 10.6 Å². The molecule has 0 aliphatic heterocycles. The third kappa shape index (κ3) is 9.70. The second-order valence-electron chi connectivity index (χ2n) is 9.90. The summed E-state index contributed by atoms with van der Waals surface area (Å²) in [6.45, 7) is 16.6. The highest BCUT2D eigenvalue weighted by Crippen LogP contribution is 2.44. The molecule has 0 spiro atoms. The minimum Gasteiger partial charge on any atom is -0.464 e. The van der Waals surface area contributed by atoms with Crippen LogP contribution in [0.4, 0.5) is 0 Å². The summed E-state index contributed by atoms with van der Waals surface area (Å²) in [5.74, 6) is 0.357. The standard InChI is InChI=1S/C17H25NO.C14H16Cl3NO.C2H6/c1-4-6-7-16(13(3)18-5-2)14-8-9-17-15(12-14)10-11-19-17;1-3-18-9(2)13(14(15,16)17)11-4-5-12-10(8-11)6-7-19-12;1-2/h8-13,16,18H,4-7H2,1-3H3;4-9,13,18H,3H2,1-2H3;1-2H3. The number of furan rings is 2. The lowest BCUT2D eigenvalue weighted by molar-refractivity contribution is 0.437. The SMILES string of the molecule is CC.CCCCC(c1ccc2occc2c1)C(C)NCC.CCNC(C)C(c1ccc2occc2c1)C(Cl)(Cl)Cl. The second kappa shape index (κ2) is 17.3. The van der Waals surface area contributed by atoms with Gasteiger partial charge in [-0.2, -0.15) is 0 Å². The van der Waals surface area contributed by atoms with E-state index in [1.54, 1.807) is 12.5 Å². The fourth-order valence-corrected chi connectivity index (χ4v) is 6.13. The molecule has 2 N–H and O–H groups in total. The molecule has 0 radical (unpaired) electrons. The number of likely N-dealkylation sites (N-methyl/N-ethyl adjacent to an activating group) is 2. The third-order valence-electron chi connectivity index (χ3n) is 7.12. The molecule has 0 bridgehead atoms. The molecule has 4 aromatic rings. The van der Waals surface area contributed by atoms with Crippen molar-refractivity contribution in [2.75, 3.05) is 13.1 Å². The molecule has 2 heterocycles. The number of hydrogen-bond acceptors (Lipinski definition) is 4. The maximum absolute atomic E-state index is 6.16. The van der Waals surface area contributed by atoms with Gasteiger partial charge in [-0.25, -0.2) is 0 Å². The van der Waals surface area contributed by atoms with Crippen molar-refractivity contribution in [1.82, 2.24) is 10.6 Å². The van der Waals surface area contributed by atoms with Crippen molar-refractivity contribution in [3.8, 4) is 0 Å². The van der Waals surface area contributed by atoms with Crippen molar-refractivity contribution in [3.63, 3.8) is 0 Å². The van der Waals surface area contributed by atoms with Crippen molar-refractivity contribution in [2.24, 2.45) is 0 Å². The number of nitrogens with one attached hydrogen (secondary N) is 2. The lowest BCUT2D eigenvalue weighted by Crippen LogP contribution is -2.38. The first kappa shape index (κ1) is 34.5. The van der Waals surface area contributed by atoms with E-state index in [-0.39, 0.29) is 12.0 Å². The average Bonchev–Trinajstić information content (AvgIpc) is 3.59. The summed E-state index contributed by atoms with van der Waals surface area (Å²) in [5, 5.41) is 9.11. The molecule has 0 saturated heterocycles. The Labute approximate surface area is 256 Å². The number of alkyl halides is 3. The van der Waals surface area contributed by atoms with E-state index in [1.807, 2.05) is 58.0 Å². The zero-order valence-corrected chi connectivity index (χ0v) is 27.3. The van der Waals surface area contributed by atoms with Gasteiger partial charge < -0.3 is 19.5 Å². The van der Waals surface area contributed by atoms with Crippen LogP contribution in [0.1, 0.15) is 90.7 Å². The summed E-state index contributed by atoms with van der Waals surface area (Å²) in [5.41, 5.74) is 4.23. The monoisotopic (exact) mass is 608 g/mol. The average molecular weight is 610 g/mol. The quantitative estimate of drug-likeness (QED) is 0.166. The maximum Gasteiger partial charge on any atom is 0.198 e. The van der Waals surface area contributed by atoms with Crippen LogP contribution >= 0.6 is 34.8 Å². The van der Waals surface area contributed by atoms with Crippen LogP contribution in [0.2, 0.25) is 0 Å². The Morgan fingerprint density at radius 2 is 1.23 bits per heavy atom. The summed E-state index contributed by atoms with van der Waals surface area (Å²) >= 11 is 18.5. The largest absolute Gasteiger partial charge is 0.464 e. The molecule has 40 heavy (non-hydrogen) atoms. The van der Waals surface area contributed by atoms with Gasteiger partial charge in [0.05, 0.1) is 12.5 Å². The lowest BCUT2D eigenvalue weighted by Gasteiger charge is -2.31. The molecule has 0 amide bonds. The van der Waals surface area contributed by atoms with Crippen LogP contribution in [-0.4, -0.2) is 29.0 Å². The number of unbranched alkanes of at least 4 members (excludes halogenated alkanes) is 1. The Kier molecular flexibility index (Phi) is 14.9. The first-order valence-corrected chi connectivity index (χ1v) is 15.8. The highest BCUT2D eigenvalue weighted by molar-refractivity contribution is 6.68. The first-order valence-electron chi connectivity index (χ1n) is 14.7. The summed E-state index contributed by atoms with van der Waals surface area (Å²) in [6, 6.07) is 17.0. The van der Waals surface area contributed by atoms with E-state index in [1.165, 1.54) is 30.2 Å². The van der Waals surface area contributed by atoms with Gasteiger partial charge in [0.1, 0.15) is 11.2 Å². The molecule has 0 saturated carbocycles. The summed E-state index contributed by atoms with van der Waals surface area (Å²) in [4.78, 5) is 0. The van der Waals surface area contributed by atoms with Gasteiger partial charge in [-0.05, 0) is 86.8 Å². The second-order valence-corrected chi connectivity index (χ2v) is 12.3. The van der Waals surface area contributed by atoms with Crippen LogP contribution in [-0.2, 0) is 0 Å². The van der Waals surface area contributed by atoms with E-state index in [0.717, 1.165) is 35.2 Å². The van der Waals surface area contributed by atoms with Gasteiger partial charge in [-0.1, -0.05) is 94.4 Å². The Bertz CT molecular complexity index is 1250. The number of halogens is 3. The topological polar surface area (TPSA) is 50.3 Å². The first-order chi connectivity index (χ1) is 19.2. The molecule has 4 unspecified atom stereocenters. The number of rotatable bonds is 11. The summed E-state index contributed by atoms with van der Waals surface area (Å²) in [6.07, 6.45) is 7.21. The zero-order chi connectivity index (χ0) is 29.7. The minimum absolute atomic E-state index is 0.0573. The predicted molar refractivity (Wildman–Crippen MR) is 175 cm³/mol. The van der Waals surface area contributed by atoms with E-state index in [0.29, 0.717) is 12.0 Å². The minimum atomic E-state index is -1.36. The van der Waals surface area contributed by atoms with E-state index in [9.17, 15) is 0 Å². The van der Waals surface area contributed by atoms with Gasteiger partial charge in [-0.15, -0.1) is 0 Å². The number of hydrogen-bond donors (Lipinski definition) is 2. The van der Waals surface area contributed by atoms with Crippen LogP contribution in [0.15, 0.2) is 69.9 Å². The van der Waals surface area contributed by atoms with E-state index in [2.05, 4.69) is 49.6 Å². The Balaban J connectivity index is 0.000000264. The van der Waals surface area contributed by atoms with Gasteiger partial charge in [0, 0.05) is 28.8 Å². The van der Waals surface area contributed by atoms with Crippen LogP contribution in [0.25, 0.3) is 21.9 Å². The van der Waals surface area contributed by atoms with Crippen molar-refractivity contribution in [3.05, 3.63) is 72.2 Å². The molecule has 222 valence electrons.